The predicted octanol–water partition coefficient (Wildman–Crippen LogP) is 1.05. The molecular formula is C15H20N2O4S. The molecule has 1 fully saturated rings. The summed E-state index contributed by atoms with van der Waals surface area (Å²) >= 11 is 0. The summed E-state index contributed by atoms with van der Waals surface area (Å²) in [6.45, 7) is 1.63. The first-order valence-corrected chi connectivity index (χ1v) is 9.02. The monoisotopic (exact) mass is 324 g/mol. The number of hydrogen-bond acceptors (Lipinski definition) is 4. The van der Waals surface area contributed by atoms with Crippen LogP contribution in [0.4, 0.5) is 5.69 Å². The predicted molar refractivity (Wildman–Crippen MR) is 84.1 cm³/mol. The summed E-state index contributed by atoms with van der Waals surface area (Å²) in [5.41, 5.74) is 0.699. The number of amides is 2. The summed E-state index contributed by atoms with van der Waals surface area (Å²) in [4.78, 5) is 25.1. The molecule has 6 nitrogen and oxygen atoms in total. The molecule has 0 aliphatic carbocycles. The second-order valence-corrected chi connectivity index (χ2v) is 7.66. The van der Waals surface area contributed by atoms with Gasteiger partial charge in [-0.25, -0.2) is 8.42 Å². The maximum Gasteiger partial charge on any atom is 0.226 e. The van der Waals surface area contributed by atoms with Crippen molar-refractivity contribution < 1.29 is 18.0 Å². The third kappa shape index (κ3) is 4.56. The lowest BCUT2D eigenvalue weighted by Gasteiger charge is -2.26. The maximum atomic E-state index is 11.9. The summed E-state index contributed by atoms with van der Waals surface area (Å²) in [7, 11) is -3.06. The number of benzene rings is 1. The van der Waals surface area contributed by atoms with Crippen LogP contribution in [-0.4, -0.2) is 49.2 Å². The van der Waals surface area contributed by atoms with Gasteiger partial charge in [-0.1, -0.05) is 18.2 Å². The molecule has 22 heavy (non-hydrogen) atoms. The Morgan fingerprint density at radius 2 is 1.95 bits per heavy atom. The molecule has 1 N–H and O–H groups in total. The molecule has 1 atom stereocenters. The summed E-state index contributed by atoms with van der Waals surface area (Å²) < 4.78 is 23.1. The molecule has 1 aliphatic rings. The second kappa shape index (κ2) is 6.91. The zero-order valence-electron chi connectivity index (χ0n) is 12.5. The van der Waals surface area contributed by atoms with Gasteiger partial charge in [0.1, 0.15) is 0 Å². The number of carbonyl (C=O) groups excluding carboxylic acids is 2. The van der Waals surface area contributed by atoms with Gasteiger partial charge in [0.2, 0.25) is 11.8 Å². The van der Waals surface area contributed by atoms with Crippen LogP contribution in [0.1, 0.15) is 19.8 Å². The zero-order chi connectivity index (χ0) is 16.2. The lowest BCUT2D eigenvalue weighted by atomic mass is 10.2. The van der Waals surface area contributed by atoms with Gasteiger partial charge < -0.3 is 10.2 Å². The van der Waals surface area contributed by atoms with Gasteiger partial charge in [0.25, 0.3) is 0 Å². The highest BCUT2D eigenvalue weighted by Gasteiger charge is 2.33. The molecule has 0 radical (unpaired) electrons. The largest absolute Gasteiger partial charge is 0.338 e. The van der Waals surface area contributed by atoms with Crippen LogP contribution in [0.3, 0.4) is 0 Å². The first-order valence-electron chi connectivity index (χ1n) is 7.20. The molecule has 120 valence electrons. The van der Waals surface area contributed by atoms with Gasteiger partial charge in [-0.05, 0) is 18.6 Å². The van der Waals surface area contributed by atoms with E-state index in [-0.39, 0.29) is 42.3 Å². The maximum absolute atomic E-state index is 11.9. The highest BCUT2D eigenvalue weighted by Crippen LogP contribution is 2.18. The number of rotatable bonds is 5. The van der Waals surface area contributed by atoms with Gasteiger partial charge in [0, 0.05) is 31.6 Å². The minimum atomic E-state index is -3.06. The molecule has 1 heterocycles. The Labute approximate surface area is 130 Å². The van der Waals surface area contributed by atoms with Crippen LogP contribution in [0.5, 0.6) is 0 Å². The van der Waals surface area contributed by atoms with Gasteiger partial charge in [-0.3, -0.25) is 9.59 Å². The van der Waals surface area contributed by atoms with Gasteiger partial charge in [-0.15, -0.1) is 0 Å². The van der Waals surface area contributed by atoms with E-state index in [9.17, 15) is 18.0 Å². The number of nitrogens with zero attached hydrogens (tertiary/aromatic N) is 1. The number of para-hydroxylation sites is 1. The molecule has 7 heteroatoms. The molecule has 0 bridgehead atoms. The van der Waals surface area contributed by atoms with Gasteiger partial charge in [0.05, 0.1) is 11.5 Å². The standard InChI is InChI=1S/C15H20N2O4S/c1-12(18)17(14-8-10-22(20,21)11-14)9-7-15(19)16-13-5-3-2-4-6-13/h2-6,14H,7-11H2,1H3,(H,16,19). The Bertz CT molecular complexity index is 643. The lowest BCUT2D eigenvalue weighted by molar-refractivity contribution is -0.131. The average Bonchev–Trinajstić information content (AvgIpc) is 2.80. The van der Waals surface area contributed by atoms with Crippen LogP contribution >= 0.6 is 0 Å². The first-order chi connectivity index (χ1) is 10.4. The number of carbonyl (C=O) groups is 2. The zero-order valence-corrected chi connectivity index (χ0v) is 13.3. The summed E-state index contributed by atoms with van der Waals surface area (Å²) in [6.07, 6.45) is 0.591. The Hall–Kier alpha value is -1.89. The minimum Gasteiger partial charge on any atom is -0.338 e. The molecule has 0 spiro atoms. The molecule has 1 aromatic rings. The van der Waals surface area contributed by atoms with Gasteiger partial charge in [0.15, 0.2) is 9.84 Å². The van der Waals surface area contributed by atoms with Crippen molar-refractivity contribution in [2.45, 2.75) is 25.8 Å². The van der Waals surface area contributed by atoms with Crippen molar-refractivity contribution in [3.8, 4) is 0 Å². The Balaban J connectivity index is 1.89. The van der Waals surface area contributed by atoms with Crippen LogP contribution in [0.2, 0.25) is 0 Å². The van der Waals surface area contributed by atoms with Crippen LogP contribution in [0.25, 0.3) is 0 Å². The van der Waals surface area contributed by atoms with Crippen molar-refractivity contribution in [3.05, 3.63) is 30.3 Å². The highest BCUT2D eigenvalue weighted by molar-refractivity contribution is 7.91. The van der Waals surface area contributed by atoms with E-state index in [0.717, 1.165) is 0 Å². The van der Waals surface area contributed by atoms with E-state index in [1.807, 2.05) is 18.2 Å². The van der Waals surface area contributed by atoms with Gasteiger partial charge in [-0.2, -0.15) is 0 Å². The molecule has 1 unspecified atom stereocenters. The Morgan fingerprint density at radius 3 is 2.50 bits per heavy atom. The molecule has 0 aromatic heterocycles. The average molecular weight is 324 g/mol. The smallest absolute Gasteiger partial charge is 0.226 e. The van der Waals surface area contributed by atoms with Crippen molar-refractivity contribution >= 4 is 27.3 Å². The third-order valence-electron chi connectivity index (χ3n) is 3.69. The van der Waals surface area contributed by atoms with E-state index in [0.29, 0.717) is 12.1 Å². The highest BCUT2D eigenvalue weighted by atomic mass is 32.2. The Morgan fingerprint density at radius 1 is 1.27 bits per heavy atom. The fourth-order valence-electron chi connectivity index (χ4n) is 2.59. The topological polar surface area (TPSA) is 83.6 Å². The molecule has 1 aromatic carbocycles. The fraction of sp³-hybridized carbons (Fsp3) is 0.467. The van der Waals surface area contributed by atoms with E-state index in [1.165, 1.54) is 11.8 Å². The van der Waals surface area contributed by atoms with Crippen molar-refractivity contribution in [2.24, 2.45) is 0 Å². The quantitative estimate of drug-likeness (QED) is 0.877. The molecule has 1 aliphatic heterocycles. The lowest BCUT2D eigenvalue weighted by Crippen LogP contribution is -2.41. The van der Waals surface area contributed by atoms with Crippen molar-refractivity contribution in [1.29, 1.82) is 0 Å². The van der Waals surface area contributed by atoms with E-state index >= 15 is 0 Å². The van der Waals surface area contributed by atoms with Crippen molar-refractivity contribution in [3.63, 3.8) is 0 Å². The fourth-order valence-corrected chi connectivity index (χ4v) is 4.32. The van der Waals surface area contributed by atoms with E-state index < -0.39 is 9.84 Å². The van der Waals surface area contributed by atoms with E-state index in [2.05, 4.69) is 5.32 Å². The number of sulfone groups is 1. The summed E-state index contributed by atoms with van der Waals surface area (Å²) in [5, 5.41) is 2.75. The third-order valence-corrected chi connectivity index (χ3v) is 5.44. The summed E-state index contributed by atoms with van der Waals surface area (Å²) in [5.74, 6) is -0.294. The number of nitrogens with one attached hydrogen (secondary N) is 1. The van der Waals surface area contributed by atoms with Crippen LogP contribution < -0.4 is 5.32 Å². The molecule has 0 saturated carbocycles. The SMILES string of the molecule is CC(=O)N(CCC(=O)Nc1ccccc1)C1CCS(=O)(=O)C1. The van der Waals surface area contributed by atoms with Crippen LogP contribution in [0, 0.1) is 0 Å². The van der Waals surface area contributed by atoms with Crippen molar-refractivity contribution in [2.75, 3.05) is 23.4 Å². The van der Waals surface area contributed by atoms with Crippen LogP contribution in [0.15, 0.2) is 30.3 Å². The first kappa shape index (κ1) is 16.5. The molecule has 2 amide bonds. The molecule has 2 rings (SSSR count). The van der Waals surface area contributed by atoms with E-state index in [1.54, 1.807) is 12.1 Å². The Kier molecular flexibility index (Phi) is 5.18. The number of anilines is 1. The van der Waals surface area contributed by atoms with Crippen molar-refractivity contribution in [1.82, 2.24) is 4.90 Å². The van der Waals surface area contributed by atoms with E-state index in [4.69, 9.17) is 0 Å². The second-order valence-electron chi connectivity index (χ2n) is 5.43. The van der Waals surface area contributed by atoms with Crippen LogP contribution in [-0.2, 0) is 19.4 Å². The minimum absolute atomic E-state index is 0.00706. The normalized spacial score (nSPS) is 19.6. The number of hydrogen-bond donors (Lipinski definition) is 1. The molecular weight excluding hydrogens is 304 g/mol. The molecule has 1 saturated heterocycles. The summed E-state index contributed by atoms with van der Waals surface area (Å²) in [6, 6.07) is 8.75. The van der Waals surface area contributed by atoms with Gasteiger partial charge >= 0.3 is 0 Å².